The molecule has 0 bridgehead atoms. The summed E-state index contributed by atoms with van der Waals surface area (Å²) in [7, 11) is 5.48. The van der Waals surface area contributed by atoms with Gasteiger partial charge in [-0.1, -0.05) is 26.0 Å². The van der Waals surface area contributed by atoms with E-state index in [2.05, 4.69) is 50.1 Å². The summed E-state index contributed by atoms with van der Waals surface area (Å²) in [6.07, 6.45) is 2.67. The van der Waals surface area contributed by atoms with E-state index in [1.165, 1.54) is 5.56 Å². The molecule has 0 saturated heterocycles. The molecule has 32 heavy (non-hydrogen) atoms. The number of benzene rings is 2. The van der Waals surface area contributed by atoms with Gasteiger partial charge in [-0.25, -0.2) is 0 Å². The minimum Gasteiger partial charge on any atom is -0.497 e. The monoisotopic (exact) mass is 438 g/mol. The topological polar surface area (TPSA) is 54.7 Å². The van der Waals surface area contributed by atoms with E-state index in [1.54, 1.807) is 14.2 Å². The fourth-order valence-corrected chi connectivity index (χ4v) is 4.12. The molecule has 0 spiro atoms. The smallest absolute Gasteiger partial charge is 0.122 e. The molecule has 0 fully saturated rings. The molecular formula is C27H38N2O3. The molecule has 5 heteroatoms. The standard InChI is InChI=1S/C27H38N2O3/c1-7-32-24-11-8-10-23(18-24)27(20-28,21(2)3)13-9-14-29(4)15-12-22-16-25(30-5)19-26(17-22)31-6/h8,10-11,16-19,21H,7,9,12-15H2,1-6H3. The van der Waals surface area contributed by atoms with E-state index >= 15 is 0 Å². The molecule has 0 aliphatic heterocycles. The summed E-state index contributed by atoms with van der Waals surface area (Å²) >= 11 is 0. The Kier molecular flexibility index (Phi) is 9.87. The molecule has 0 heterocycles. The molecule has 1 atom stereocenters. The molecule has 2 aromatic carbocycles. The highest BCUT2D eigenvalue weighted by molar-refractivity contribution is 5.39. The van der Waals surface area contributed by atoms with Gasteiger partial charge in [-0.05, 0) is 81.1 Å². The summed E-state index contributed by atoms with van der Waals surface area (Å²) in [5.41, 5.74) is 1.72. The van der Waals surface area contributed by atoms with E-state index in [1.807, 2.05) is 31.2 Å². The average molecular weight is 439 g/mol. The molecule has 2 aromatic rings. The second kappa shape index (κ2) is 12.4. The zero-order valence-corrected chi connectivity index (χ0v) is 20.5. The summed E-state index contributed by atoms with van der Waals surface area (Å²) < 4.78 is 16.4. The number of ether oxygens (including phenoxy) is 3. The highest BCUT2D eigenvalue weighted by Crippen LogP contribution is 2.38. The Morgan fingerprint density at radius 2 is 1.69 bits per heavy atom. The number of hydrogen-bond donors (Lipinski definition) is 0. The number of nitrogens with zero attached hydrogens (tertiary/aromatic N) is 2. The van der Waals surface area contributed by atoms with Crippen molar-refractivity contribution in [1.82, 2.24) is 4.90 Å². The molecule has 0 radical (unpaired) electrons. The predicted molar refractivity (Wildman–Crippen MR) is 130 cm³/mol. The van der Waals surface area contributed by atoms with E-state index in [-0.39, 0.29) is 5.92 Å². The van der Waals surface area contributed by atoms with Gasteiger partial charge in [-0.15, -0.1) is 0 Å². The fourth-order valence-electron chi connectivity index (χ4n) is 4.12. The van der Waals surface area contributed by atoms with Gasteiger partial charge in [0.05, 0.1) is 32.3 Å². The highest BCUT2D eigenvalue weighted by Gasteiger charge is 2.35. The van der Waals surface area contributed by atoms with Crippen LogP contribution in [-0.2, 0) is 11.8 Å². The van der Waals surface area contributed by atoms with Crippen LogP contribution < -0.4 is 14.2 Å². The lowest BCUT2D eigenvalue weighted by Crippen LogP contribution is -2.32. The van der Waals surface area contributed by atoms with Crippen molar-refractivity contribution >= 4 is 0 Å². The second-order valence-corrected chi connectivity index (χ2v) is 8.58. The maximum Gasteiger partial charge on any atom is 0.122 e. The Labute approximate surface area is 193 Å². The average Bonchev–Trinajstić information content (AvgIpc) is 2.80. The second-order valence-electron chi connectivity index (χ2n) is 8.58. The third-order valence-corrected chi connectivity index (χ3v) is 6.15. The summed E-state index contributed by atoms with van der Waals surface area (Å²) in [5.74, 6) is 2.66. The van der Waals surface area contributed by atoms with Gasteiger partial charge in [0.1, 0.15) is 17.2 Å². The van der Waals surface area contributed by atoms with E-state index in [0.29, 0.717) is 6.61 Å². The Balaban J connectivity index is 1.99. The molecule has 0 aromatic heterocycles. The first-order valence-corrected chi connectivity index (χ1v) is 11.4. The van der Waals surface area contributed by atoms with Crippen molar-refractivity contribution < 1.29 is 14.2 Å². The lowest BCUT2D eigenvalue weighted by Gasteiger charge is -2.32. The van der Waals surface area contributed by atoms with Crippen molar-refractivity contribution in [1.29, 1.82) is 5.26 Å². The van der Waals surface area contributed by atoms with Gasteiger partial charge in [0, 0.05) is 12.6 Å². The molecule has 1 unspecified atom stereocenters. The third kappa shape index (κ3) is 6.64. The van der Waals surface area contributed by atoms with Crippen LogP contribution >= 0.6 is 0 Å². The maximum atomic E-state index is 10.2. The van der Waals surface area contributed by atoms with Gasteiger partial charge in [0.25, 0.3) is 0 Å². The van der Waals surface area contributed by atoms with Crippen LogP contribution in [0.25, 0.3) is 0 Å². The van der Waals surface area contributed by atoms with Crippen molar-refractivity contribution in [2.24, 2.45) is 5.92 Å². The van der Waals surface area contributed by atoms with Crippen LogP contribution in [0.4, 0.5) is 0 Å². The van der Waals surface area contributed by atoms with Crippen LogP contribution in [0.5, 0.6) is 17.2 Å². The molecule has 2 rings (SSSR count). The van der Waals surface area contributed by atoms with E-state index in [0.717, 1.165) is 55.2 Å². The summed E-state index contributed by atoms with van der Waals surface area (Å²) in [4.78, 5) is 2.32. The fraction of sp³-hybridized carbons (Fsp3) is 0.519. The predicted octanol–water partition coefficient (Wildman–Crippen LogP) is 5.47. The number of hydrogen-bond acceptors (Lipinski definition) is 5. The Morgan fingerprint density at radius 3 is 2.25 bits per heavy atom. The van der Waals surface area contributed by atoms with Gasteiger partial charge in [0.15, 0.2) is 0 Å². The number of likely N-dealkylation sites (N-methyl/N-ethyl adjacent to an activating group) is 1. The van der Waals surface area contributed by atoms with Crippen molar-refractivity contribution in [2.45, 2.75) is 45.4 Å². The summed E-state index contributed by atoms with van der Waals surface area (Å²) in [6, 6.07) is 16.7. The van der Waals surface area contributed by atoms with Gasteiger partial charge >= 0.3 is 0 Å². The first-order chi connectivity index (χ1) is 15.4. The van der Waals surface area contributed by atoms with E-state index < -0.39 is 5.41 Å². The molecule has 0 aliphatic rings. The molecule has 5 nitrogen and oxygen atoms in total. The number of methoxy groups -OCH3 is 2. The van der Waals surface area contributed by atoms with Gasteiger partial charge in [0.2, 0.25) is 0 Å². The Bertz CT molecular complexity index is 868. The van der Waals surface area contributed by atoms with Crippen LogP contribution in [0.15, 0.2) is 42.5 Å². The van der Waals surface area contributed by atoms with Crippen LogP contribution in [0.1, 0.15) is 44.7 Å². The van der Waals surface area contributed by atoms with Gasteiger partial charge in [-0.3, -0.25) is 0 Å². The van der Waals surface area contributed by atoms with Gasteiger partial charge in [-0.2, -0.15) is 5.26 Å². The molecule has 0 aliphatic carbocycles. The first kappa shape index (κ1) is 25.5. The SMILES string of the molecule is CCOc1cccc(C(C#N)(CCCN(C)CCc2cc(OC)cc(OC)c2)C(C)C)c1. The normalized spacial score (nSPS) is 13.0. The van der Waals surface area contributed by atoms with E-state index in [4.69, 9.17) is 14.2 Å². The first-order valence-electron chi connectivity index (χ1n) is 11.4. The molecule has 0 N–H and O–H groups in total. The minimum absolute atomic E-state index is 0.207. The Morgan fingerprint density at radius 1 is 1.00 bits per heavy atom. The van der Waals surface area contributed by atoms with Crippen molar-refractivity contribution in [3.63, 3.8) is 0 Å². The number of nitriles is 1. The summed E-state index contributed by atoms with van der Waals surface area (Å²) in [5, 5.41) is 10.2. The van der Waals surface area contributed by atoms with Crippen molar-refractivity contribution in [3.05, 3.63) is 53.6 Å². The van der Waals surface area contributed by atoms with Gasteiger partial charge < -0.3 is 19.1 Å². The molecule has 0 saturated carbocycles. The third-order valence-electron chi connectivity index (χ3n) is 6.15. The van der Waals surface area contributed by atoms with Crippen molar-refractivity contribution in [2.75, 3.05) is 41.0 Å². The lowest BCUT2D eigenvalue weighted by molar-refractivity contribution is 0.292. The van der Waals surface area contributed by atoms with Crippen LogP contribution in [0, 0.1) is 17.2 Å². The van der Waals surface area contributed by atoms with Crippen molar-refractivity contribution in [3.8, 4) is 23.3 Å². The zero-order valence-electron chi connectivity index (χ0n) is 20.5. The number of rotatable bonds is 13. The highest BCUT2D eigenvalue weighted by atomic mass is 16.5. The Hall–Kier alpha value is -2.71. The quantitative estimate of drug-likeness (QED) is 0.415. The summed E-state index contributed by atoms with van der Waals surface area (Å²) in [6.45, 7) is 8.73. The molecule has 0 amide bonds. The van der Waals surface area contributed by atoms with E-state index in [9.17, 15) is 5.26 Å². The lowest BCUT2D eigenvalue weighted by atomic mass is 9.70. The van der Waals surface area contributed by atoms with Crippen LogP contribution in [0.3, 0.4) is 0 Å². The largest absolute Gasteiger partial charge is 0.497 e. The zero-order chi connectivity index (χ0) is 23.6. The molecular weight excluding hydrogens is 400 g/mol. The molecule has 174 valence electrons. The van der Waals surface area contributed by atoms with Crippen LogP contribution in [0.2, 0.25) is 0 Å². The minimum atomic E-state index is -0.520. The maximum absolute atomic E-state index is 10.2. The van der Waals surface area contributed by atoms with Crippen LogP contribution in [-0.4, -0.2) is 45.9 Å².